The Morgan fingerprint density at radius 3 is 2.57 bits per heavy atom. The monoisotopic (exact) mass is 354 g/mol. The van der Waals surface area contributed by atoms with Gasteiger partial charge in [0.2, 0.25) is 0 Å². The van der Waals surface area contributed by atoms with Crippen molar-refractivity contribution in [3.8, 4) is 11.3 Å². The summed E-state index contributed by atoms with van der Waals surface area (Å²) in [7, 11) is 0. The van der Waals surface area contributed by atoms with Crippen LogP contribution >= 0.6 is 23.2 Å². The summed E-state index contributed by atoms with van der Waals surface area (Å²) >= 11 is 12.1. The molecule has 3 nitrogen and oxygen atoms in total. The van der Waals surface area contributed by atoms with Gasteiger partial charge in [-0.3, -0.25) is 0 Å². The molecule has 5 heteroatoms. The van der Waals surface area contributed by atoms with Crippen molar-refractivity contribution in [3.63, 3.8) is 0 Å². The summed E-state index contributed by atoms with van der Waals surface area (Å²) in [6, 6.07) is 9.35. The van der Waals surface area contributed by atoms with Gasteiger partial charge in [-0.1, -0.05) is 37.0 Å². The van der Waals surface area contributed by atoms with Gasteiger partial charge in [-0.15, -0.1) is 0 Å². The van der Waals surface area contributed by atoms with Gasteiger partial charge in [0.05, 0.1) is 11.6 Å². The van der Waals surface area contributed by atoms with Gasteiger partial charge < -0.3 is 14.6 Å². The first-order chi connectivity index (χ1) is 11.1. The molecule has 0 fully saturated rings. The molecule has 0 radical (unpaired) electrons. The van der Waals surface area contributed by atoms with Crippen molar-refractivity contribution in [3.05, 3.63) is 46.1 Å². The molecular formula is C18H24Cl2N2O. The third kappa shape index (κ3) is 5.54. The summed E-state index contributed by atoms with van der Waals surface area (Å²) in [4.78, 5) is 2.43. The van der Waals surface area contributed by atoms with Gasteiger partial charge in [-0.2, -0.15) is 0 Å². The molecule has 0 aliphatic heterocycles. The van der Waals surface area contributed by atoms with Crippen molar-refractivity contribution in [2.24, 2.45) is 0 Å². The highest BCUT2D eigenvalue weighted by atomic mass is 35.5. The first-order valence-corrected chi connectivity index (χ1v) is 8.86. The normalized spacial score (nSPS) is 11.3. The Morgan fingerprint density at radius 2 is 1.87 bits per heavy atom. The molecule has 0 bridgehead atoms. The molecule has 2 aromatic rings. The Labute approximate surface area is 148 Å². The third-order valence-corrected chi connectivity index (χ3v) is 4.43. The lowest BCUT2D eigenvalue weighted by atomic mass is 10.2. The number of nitrogens with zero attached hydrogens (tertiary/aromatic N) is 1. The van der Waals surface area contributed by atoms with Crippen LogP contribution in [0.25, 0.3) is 11.3 Å². The summed E-state index contributed by atoms with van der Waals surface area (Å²) in [5.74, 6) is 1.68. The van der Waals surface area contributed by atoms with Crippen LogP contribution in [0.1, 0.15) is 26.0 Å². The van der Waals surface area contributed by atoms with Crippen LogP contribution in [-0.2, 0) is 6.54 Å². The zero-order chi connectivity index (χ0) is 16.7. The fourth-order valence-corrected chi connectivity index (χ4v) is 2.99. The van der Waals surface area contributed by atoms with Crippen LogP contribution in [0.3, 0.4) is 0 Å². The maximum Gasteiger partial charge on any atom is 0.135 e. The minimum atomic E-state index is 0.602. The molecule has 1 aromatic heterocycles. The van der Waals surface area contributed by atoms with E-state index >= 15 is 0 Å². The van der Waals surface area contributed by atoms with E-state index in [0.717, 1.165) is 56.2 Å². The molecule has 0 atom stereocenters. The van der Waals surface area contributed by atoms with Crippen LogP contribution in [0.4, 0.5) is 0 Å². The average molecular weight is 355 g/mol. The van der Waals surface area contributed by atoms with E-state index in [2.05, 4.69) is 24.1 Å². The van der Waals surface area contributed by atoms with Crippen molar-refractivity contribution in [1.29, 1.82) is 0 Å². The lowest BCUT2D eigenvalue weighted by Gasteiger charge is -2.17. The van der Waals surface area contributed by atoms with Crippen LogP contribution < -0.4 is 5.32 Å². The van der Waals surface area contributed by atoms with Gasteiger partial charge in [0.25, 0.3) is 0 Å². The summed E-state index contributed by atoms with van der Waals surface area (Å²) in [6.07, 6.45) is 1.14. The van der Waals surface area contributed by atoms with E-state index < -0.39 is 0 Å². The molecule has 0 amide bonds. The molecule has 0 saturated carbocycles. The molecule has 126 valence electrons. The number of rotatable bonds is 9. The zero-order valence-corrected chi connectivity index (χ0v) is 15.3. The fourth-order valence-electron chi connectivity index (χ4n) is 2.49. The number of hydrogen-bond donors (Lipinski definition) is 1. The van der Waals surface area contributed by atoms with Crippen molar-refractivity contribution < 1.29 is 4.42 Å². The molecule has 0 saturated heterocycles. The predicted octanol–water partition coefficient (Wildman–Crippen LogP) is 5.07. The highest BCUT2D eigenvalue weighted by molar-refractivity contribution is 6.36. The van der Waals surface area contributed by atoms with E-state index in [4.69, 9.17) is 27.6 Å². The van der Waals surface area contributed by atoms with Gasteiger partial charge in [0.1, 0.15) is 11.5 Å². The number of furan rings is 1. The van der Waals surface area contributed by atoms with Gasteiger partial charge >= 0.3 is 0 Å². The van der Waals surface area contributed by atoms with Gasteiger partial charge in [-0.05, 0) is 62.9 Å². The average Bonchev–Trinajstić information content (AvgIpc) is 2.99. The Kier molecular flexibility index (Phi) is 7.44. The highest BCUT2D eigenvalue weighted by Crippen LogP contribution is 2.31. The minimum Gasteiger partial charge on any atom is -0.460 e. The second kappa shape index (κ2) is 9.33. The van der Waals surface area contributed by atoms with E-state index in [-0.39, 0.29) is 0 Å². The highest BCUT2D eigenvalue weighted by Gasteiger charge is 2.09. The predicted molar refractivity (Wildman–Crippen MR) is 98.3 cm³/mol. The summed E-state index contributed by atoms with van der Waals surface area (Å²) in [6.45, 7) is 9.45. The van der Waals surface area contributed by atoms with E-state index in [1.54, 1.807) is 6.07 Å². The van der Waals surface area contributed by atoms with E-state index in [9.17, 15) is 0 Å². The van der Waals surface area contributed by atoms with E-state index in [0.29, 0.717) is 10.0 Å². The lowest BCUT2D eigenvalue weighted by molar-refractivity contribution is 0.297. The molecule has 2 rings (SSSR count). The summed E-state index contributed by atoms with van der Waals surface area (Å²) in [5, 5.41) is 4.65. The molecule has 1 N–H and O–H groups in total. The lowest BCUT2D eigenvalue weighted by Crippen LogP contribution is -2.27. The second-order valence-electron chi connectivity index (χ2n) is 5.45. The maximum absolute atomic E-state index is 6.21. The van der Waals surface area contributed by atoms with Crippen LogP contribution in [0, 0.1) is 0 Å². The minimum absolute atomic E-state index is 0.602. The zero-order valence-electron chi connectivity index (χ0n) is 13.7. The molecule has 23 heavy (non-hydrogen) atoms. The number of benzene rings is 1. The molecule has 0 aliphatic carbocycles. The Bertz CT molecular complexity index is 609. The Balaban J connectivity index is 1.81. The summed E-state index contributed by atoms with van der Waals surface area (Å²) < 4.78 is 5.86. The SMILES string of the molecule is CCN(CC)CCCNCc1ccc(-c2ccc(Cl)cc2Cl)o1. The standard InChI is InChI=1S/C18H24Cl2N2O/c1-3-22(4-2)11-5-10-21-13-15-7-9-18(23-15)16-8-6-14(19)12-17(16)20/h6-9,12,21H,3-5,10-11,13H2,1-2H3. The first kappa shape index (κ1) is 18.3. The fraction of sp³-hybridized carbons (Fsp3) is 0.444. The van der Waals surface area contributed by atoms with Gasteiger partial charge in [0.15, 0.2) is 0 Å². The van der Waals surface area contributed by atoms with Crippen LogP contribution in [0.2, 0.25) is 10.0 Å². The quantitative estimate of drug-likeness (QED) is 0.636. The Hall–Kier alpha value is -1.00. The van der Waals surface area contributed by atoms with Crippen LogP contribution in [0.15, 0.2) is 34.7 Å². The molecule has 0 aliphatic rings. The topological polar surface area (TPSA) is 28.4 Å². The maximum atomic E-state index is 6.21. The molecule has 0 spiro atoms. The van der Waals surface area contributed by atoms with E-state index in [1.165, 1.54) is 0 Å². The van der Waals surface area contributed by atoms with Gasteiger partial charge in [0, 0.05) is 10.6 Å². The van der Waals surface area contributed by atoms with Crippen LogP contribution in [-0.4, -0.2) is 31.1 Å². The third-order valence-electron chi connectivity index (χ3n) is 3.88. The van der Waals surface area contributed by atoms with Crippen molar-refractivity contribution >= 4 is 23.2 Å². The molecule has 1 heterocycles. The number of halogens is 2. The molecular weight excluding hydrogens is 331 g/mol. The molecule has 1 aromatic carbocycles. The largest absolute Gasteiger partial charge is 0.460 e. The molecule has 0 unspecified atom stereocenters. The van der Waals surface area contributed by atoms with Crippen molar-refractivity contribution in [1.82, 2.24) is 10.2 Å². The second-order valence-corrected chi connectivity index (χ2v) is 6.29. The number of hydrogen-bond acceptors (Lipinski definition) is 3. The Morgan fingerprint density at radius 1 is 1.09 bits per heavy atom. The smallest absolute Gasteiger partial charge is 0.135 e. The van der Waals surface area contributed by atoms with Crippen molar-refractivity contribution in [2.75, 3.05) is 26.2 Å². The van der Waals surface area contributed by atoms with Crippen molar-refractivity contribution in [2.45, 2.75) is 26.8 Å². The first-order valence-electron chi connectivity index (χ1n) is 8.11. The van der Waals surface area contributed by atoms with E-state index in [1.807, 2.05) is 24.3 Å². The van der Waals surface area contributed by atoms with Crippen LogP contribution in [0.5, 0.6) is 0 Å². The summed E-state index contributed by atoms with van der Waals surface area (Å²) in [5.41, 5.74) is 0.865. The number of nitrogens with one attached hydrogen (secondary N) is 1. The van der Waals surface area contributed by atoms with Gasteiger partial charge in [-0.25, -0.2) is 0 Å².